The summed E-state index contributed by atoms with van der Waals surface area (Å²) in [6.45, 7) is 6.47. The van der Waals surface area contributed by atoms with Crippen LogP contribution >= 0.6 is 0 Å². The van der Waals surface area contributed by atoms with Gasteiger partial charge in [0.1, 0.15) is 5.78 Å². The predicted molar refractivity (Wildman–Crippen MR) is 58.2 cm³/mol. The van der Waals surface area contributed by atoms with Crippen molar-refractivity contribution in [3.63, 3.8) is 0 Å². The molecule has 0 radical (unpaired) electrons. The number of rotatable bonds is 6. The second-order valence-corrected chi connectivity index (χ2v) is 3.94. The van der Waals surface area contributed by atoms with Gasteiger partial charge < -0.3 is 11.1 Å². The second kappa shape index (κ2) is 6.40. The maximum absolute atomic E-state index is 11.5. The van der Waals surface area contributed by atoms with E-state index < -0.39 is 0 Å². The molecule has 0 heterocycles. The minimum atomic E-state index is -0.00663. The summed E-state index contributed by atoms with van der Waals surface area (Å²) in [5.74, 6) is 0.537. The highest BCUT2D eigenvalue weighted by Crippen LogP contribution is 2.11. The topological polar surface area (TPSA) is 79.0 Å². The second-order valence-electron chi connectivity index (χ2n) is 3.94. The van der Waals surface area contributed by atoms with E-state index in [0.29, 0.717) is 12.3 Å². The molecule has 14 heavy (non-hydrogen) atoms. The average molecular weight is 199 g/mol. The molecule has 0 bridgehead atoms. The number of nitrogens with one attached hydrogen (secondary N) is 2. The largest absolute Gasteiger partial charge is 0.370 e. The van der Waals surface area contributed by atoms with Crippen molar-refractivity contribution in [2.45, 2.75) is 33.6 Å². The molecular formula is C10H21N3O. The number of ketones is 1. The van der Waals surface area contributed by atoms with Crippen LogP contribution in [0, 0.1) is 17.2 Å². The third kappa shape index (κ3) is 5.56. The van der Waals surface area contributed by atoms with Crippen LogP contribution in [0.3, 0.4) is 0 Å². The number of hydrogen-bond donors (Lipinski definition) is 3. The quantitative estimate of drug-likeness (QED) is 0.340. The van der Waals surface area contributed by atoms with Gasteiger partial charge in [0, 0.05) is 18.4 Å². The van der Waals surface area contributed by atoms with Gasteiger partial charge in [0.05, 0.1) is 0 Å². The highest BCUT2D eigenvalue weighted by atomic mass is 16.1. The van der Waals surface area contributed by atoms with Crippen molar-refractivity contribution in [3.05, 3.63) is 0 Å². The van der Waals surface area contributed by atoms with Gasteiger partial charge in [-0.3, -0.25) is 10.2 Å². The lowest BCUT2D eigenvalue weighted by Crippen LogP contribution is -2.31. The Kier molecular flexibility index (Phi) is 5.92. The van der Waals surface area contributed by atoms with Crippen LogP contribution in [0.2, 0.25) is 0 Å². The van der Waals surface area contributed by atoms with Crippen LogP contribution in [0.25, 0.3) is 0 Å². The van der Waals surface area contributed by atoms with Crippen LogP contribution in [0.15, 0.2) is 0 Å². The Bertz CT molecular complexity index is 202. The number of carbonyl (C=O) groups is 1. The van der Waals surface area contributed by atoms with Gasteiger partial charge in [0.2, 0.25) is 0 Å². The summed E-state index contributed by atoms with van der Waals surface area (Å²) in [4.78, 5) is 11.5. The maximum Gasteiger partial charge on any atom is 0.185 e. The van der Waals surface area contributed by atoms with Gasteiger partial charge in [0.25, 0.3) is 0 Å². The molecule has 0 amide bonds. The Morgan fingerprint density at radius 1 is 1.43 bits per heavy atom. The van der Waals surface area contributed by atoms with E-state index in [1.165, 1.54) is 0 Å². The molecule has 4 N–H and O–H groups in total. The molecule has 1 atom stereocenters. The first-order chi connectivity index (χ1) is 6.45. The third-order valence-electron chi connectivity index (χ3n) is 2.18. The zero-order valence-electron chi connectivity index (χ0n) is 9.26. The van der Waals surface area contributed by atoms with E-state index in [2.05, 4.69) is 5.32 Å². The standard InChI is InChI=1S/C10H21N3O/c1-7(2)9(14)8(3)5-4-6-13-10(11)12/h7-8H,4-6H2,1-3H3,(H4,11,12,13)/t8-/m1/s1. The molecular weight excluding hydrogens is 178 g/mol. The fourth-order valence-electron chi connectivity index (χ4n) is 1.34. The maximum atomic E-state index is 11.5. The van der Waals surface area contributed by atoms with E-state index >= 15 is 0 Å². The van der Waals surface area contributed by atoms with E-state index in [4.69, 9.17) is 11.1 Å². The van der Waals surface area contributed by atoms with E-state index in [9.17, 15) is 4.79 Å². The fraction of sp³-hybridized carbons (Fsp3) is 0.800. The molecule has 0 aromatic heterocycles. The first-order valence-corrected chi connectivity index (χ1v) is 5.06. The Hall–Kier alpha value is -1.06. The fourth-order valence-corrected chi connectivity index (χ4v) is 1.34. The number of hydrogen-bond acceptors (Lipinski definition) is 2. The summed E-state index contributed by atoms with van der Waals surface area (Å²) in [6, 6.07) is 0. The lowest BCUT2D eigenvalue weighted by atomic mass is 9.93. The molecule has 0 rings (SSSR count). The number of nitrogens with two attached hydrogens (primary N) is 1. The van der Waals surface area contributed by atoms with Gasteiger partial charge >= 0.3 is 0 Å². The zero-order chi connectivity index (χ0) is 11.1. The molecule has 0 aromatic carbocycles. The molecule has 0 fully saturated rings. The summed E-state index contributed by atoms with van der Waals surface area (Å²) >= 11 is 0. The lowest BCUT2D eigenvalue weighted by molar-refractivity contribution is -0.125. The normalized spacial score (nSPS) is 12.6. The molecule has 0 aromatic rings. The Balaban J connectivity index is 3.59. The number of Topliss-reactive ketones (excluding diaryl/α,β-unsaturated/α-hetero) is 1. The molecule has 0 unspecified atom stereocenters. The van der Waals surface area contributed by atoms with Crippen molar-refractivity contribution >= 4 is 11.7 Å². The van der Waals surface area contributed by atoms with Crippen LogP contribution in [-0.2, 0) is 4.79 Å². The molecule has 0 aliphatic carbocycles. The van der Waals surface area contributed by atoms with Crippen molar-refractivity contribution in [2.75, 3.05) is 6.54 Å². The van der Waals surface area contributed by atoms with Crippen LogP contribution in [-0.4, -0.2) is 18.3 Å². The SMILES string of the molecule is CC(C)C(=O)[C@H](C)CCCNC(=N)N. The van der Waals surface area contributed by atoms with Gasteiger partial charge in [-0.15, -0.1) is 0 Å². The monoisotopic (exact) mass is 199 g/mol. The lowest BCUT2D eigenvalue weighted by Gasteiger charge is -2.12. The molecule has 0 saturated heterocycles. The number of guanidine groups is 1. The van der Waals surface area contributed by atoms with Crippen LogP contribution in [0.5, 0.6) is 0 Å². The Morgan fingerprint density at radius 2 is 2.00 bits per heavy atom. The zero-order valence-corrected chi connectivity index (χ0v) is 9.26. The minimum Gasteiger partial charge on any atom is -0.370 e. The van der Waals surface area contributed by atoms with E-state index in [1.54, 1.807) is 0 Å². The van der Waals surface area contributed by atoms with E-state index in [0.717, 1.165) is 12.8 Å². The summed E-state index contributed by atoms with van der Waals surface area (Å²) in [7, 11) is 0. The van der Waals surface area contributed by atoms with E-state index in [1.807, 2.05) is 20.8 Å². The molecule has 0 spiro atoms. The van der Waals surface area contributed by atoms with Crippen LogP contribution < -0.4 is 11.1 Å². The van der Waals surface area contributed by atoms with E-state index in [-0.39, 0.29) is 17.8 Å². The van der Waals surface area contributed by atoms with Gasteiger partial charge in [-0.05, 0) is 12.8 Å². The summed E-state index contributed by atoms with van der Waals surface area (Å²) in [6.07, 6.45) is 1.73. The molecule has 0 aliphatic heterocycles. The van der Waals surface area contributed by atoms with Gasteiger partial charge in [-0.2, -0.15) is 0 Å². The third-order valence-corrected chi connectivity index (χ3v) is 2.18. The first-order valence-electron chi connectivity index (χ1n) is 5.06. The van der Waals surface area contributed by atoms with Gasteiger partial charge in [0.15, 0.2) is 5.96 Å². The molecule has 82 valence electrons. The van der Waals surface area contributed by atoms with Crippen molar-refractivity contribution in [1.29, 1.82) is 5.41 Å². The van der Waals surface area contributed by atoms with Crippen molar-refractivity contribution < 1.29 is 4.79 Å². The summed E-state index contributed by atoms with van der Waals surface area (Å²) in [5, 5.41) is 9.65. The highest BCUT2D eigenvalue weighted by Gasteiger charge is 2.15. The summed E-state index contributed by atoms with van der Waals surface area (Å²) in [5.41, 5.74) is 5.12. The van der Waals surface area contributed by atoms with Crippen LogP contribution in [0.1, 0.15) is 33.6 Å². The molecule has 4 heteroatoms. The van der Waals surface area contributed by atoms with Gasteiger partial charge in [-0.25, -0.2) is 0 Å². The number of carbonyl (C=O) groups excluding carboxylic acids is 1. The van der Waals surface area contributed by atoms with Crippen molar-refractivity contribution in [1.82, 2.24) is 5.32 Å². The minimum absolute atomic E-state index is 0.00663. The molecule has 4 nitrogen and oxygen atoms in total. The van der Waals surface area contributed by atoms with Crippen molar-refractivity contribution in [3.8, 4) is 0 Å². The average Bonchev–Trinajstić information content (AvgIpc) is 2.10. The Morgan fingerprint density at radius 3 is 2.43 bits per heavy atom. The smallest absolute Gasteiger partial charge is 0.185 e. The van der Waals surface area contributed by atoms with Crippen molar-refractivity contribution in [2.24, 2.45) is 17.6 Å². The highest BCUT2D eigenvalue weighted by molar-refractivity contribution is 5.82. The summed E-state index contributed by atoms with van der Waals surface area (Å²) < 4.78 is 0. The predicted octanol–water partition coefficient (Wildman–Crippen LogP) is 1.11. The molecule has 0 saturated carbocycles. The van der Waals surface area contributed by atoms with Gasteiger partial charge in [-0.1, -0.05) is 20.8 Å². The molecule has 0 aliphatic rings. The Labute approximate surface area is 85.8 Å². The van der Waals surface area contributed by atoms with Crippen LogP contribution in [0.4, 0.5) is 0 Å². The first kappa shape index (κ1) is 12.9.